The maximum absolute atomic E-state index is 11.1. The molecule has 1 aliphatic heterocycles. The Labute approximate surface area is 156 Å². The Morgan fingerprint density at radius 3 is 2.04 bits per heavy atom. The molecule has 4 aromatic rings. The molecule has 140 valence electrons. The molecule has 1 fully saturated rings. The average molecular weight is 365 g/mol. The molecule has 0 bridgehead atoms. The highest BCUT2D eigenvalue weighted by molar-refractivity contribution is 5.96. The van der Waals surface area contributed by atoms with E-state index in [1.54, 1.807) is 0 Å². The van der Waals surface area contributed by atoms with Gasteiger partial charge in [0.1, 0.15) is 6.17 Å². The van der Waals surface area contributed by atoms with Crippen molar-refractivity contribution in [1.82, 2.24) is 14.5 Å². The number of aromatic nitrogens is 1. The molecule has 3 heterocycles. The lowest BCUT2D eigenvalue weighted by Gasteiger charge is -2.37. The van der Waals surface area contributed by atoms with E-state index in [9.17, 15) is 10.4 Å². The lowest BCUT2D eigenvalue weighted by Crippen LogP contribution is -2.52. The number of para-hydroxylation sites is 3. The van der Waals surface area contributed by atoms with Crippen LogP contribution in [0.3, 0.4) is 0 Å². The second kappa shape index (κ2) is 5.11. The molecule has 6 nitrogen and oxygen atoms in total. The van der Waals surface area contributed by atoms with Gasteiger partial charge >= 0.3 is 0 Å². The summed E-state index contributed by atoms with van der Waals surface area (Å²) in [6.45, 7) is 7.68. The fraction of sp³-hybridized carbons (Fsp3) is 0.333. The van der Waals surface area contributed by atoms with Crippen LogP contribution in [0.25, 0.3) is 27.7 Å². The molecule has 2 aromatic heterocycles. The van der Waals surface area contributed by atoms with Crippen LogP contribution in [0.15, 0.2) is 52.9 Å². The van der Waals surface area contributed by atoms with E-state index in [-0.39, 0.29) is 0 Å². The minimum absolute atomic E-state index is 0.633. The topological polar surface area (TPSA) is 64.5 Å². The number of fused-ring (bicyclic) bond motifs is 5. The van der Waals surface area contributed by atoms with Gasteiger partial charge in [0.05, 0.1) is 27.7 Å². The first-order valence-electron chi connectivity index (χ1n) is 9.14. The number of hydrogen-bond donors (Lipinski definition) is 2. The predicted octanol–water partition coefficient (Wildman–Crippen LogP) is 4.79. The van der Waals surface area contributed by atoms with Gasteiger partial charge in [0, 0.05) is 5.39 Å². The maximum Gasteiger partial charge on any atom is 0.212 e. The van der Waals surface area contributed by atoms with Crippen molar-refractivity contribution in [2.24, 2.45) is 0 Å². The third-order valence-electron chi connectivity index (χ3n) is 6.55. The summed E-state index contributed by atoms with van der Waals surface area (Å²) in [5, 5.41) is 25.6. The van der Waals surface area contributed by atoms with Crippen molar-refractivity contribution in [2.75, 3.05) is 0 Å². The van der Waals surface area contributed by atoms with Gasteiger partial charge in [-0.3, -0.25) is 4.40 Å². The molecule has 0 atom stereocenters. The predicted molar refractivity (Wildman–Crippen MR) is 103 cm³/mol. The van der Waals surface area contributed by atoms with Crippen LogP contribution >= 0.6 is 0 Å². The van der Waals surface area contributed by atoms with Crippen molar-refractivity contribution in [3.8, 4) is 0 Å². The third kappa shape index (κ3) is 1.88. The van der Waals surface area contributed by atoms with Gasteiger partial charge in [-0.05, 0) is 45.9 Å². The van der Waals surface area contributed by atoms with E-state index in [2.05, 4.69) is 4.40 Å². The fourth-order valence-corrected chi connectivity index (χ4v) is 4.18. The zero-order valence-corrected chi connectivity index (χ0v) is 15.8. The molecule has 0 aliphatic carbocycles. The first-order chi connectivity index (χ1) is 12.8. The molecule has 2 aromatic carbocycles. The molecule has 5 rings (SSSR count). The van der Waals surface area contributed by atoms with E-state index < -0.39 is 17.2 Å². The van der Waals surface area contributed by atoms with Gasteiger partial charge in [0.2, 0.25) is 5.71 Å². The van der Waals surface area contributed by atoms with Gasteiger partial charge in [0.15, 0.2) is 5.58 Å². The van der Waals surface area contributed by atoms with Crippen LogP contribution in [0.2, 0.25) is 0 Å². The summed E-state index contributed by atoms with van der Waals surface area (Å²) in [6, 6.07) is 15.8. The molecular formula is C21H23N3O3. The lowest BCUT2D eigenvalue weighted by atomic mass is 9.84. The summed E-state index contributed by atoms with van der Waals surface area (Å²) in [7, 11) is 0. The van der Waals surface area contributed by atoms with Crippen molar-refractivity contribution in [3.05, 3.63) is 54.1 Å². The Hall–Kier alpha value is -2.38. The molecule has 1 aliphatic rings. The first-order valence-corrected chi connectivity index (χ1v) is 9.14. The van der Waals surface area contributed by atoms with Crippen LogP contribution < -0.4 is 0 Å². The molecule has 6 heteroatoms. The molecule has 0 unspecified atom stereocenters. The smallest absolute Gasteiger partial charge is 0.212 e. The van der Waals surface area contributed by atoms with Gasteiger partial charge in [-0.15, -0.1) is 0 Å². The van der Waals surface area contributed by atoms with Gasteiger partial charge in [-0.2, -0.15) is 10.1 Å². The Balaban J connectivity index is 1.90. The van der Waals surface area contributed by atoms with Crippen LogP contribution in [0.1, 0.15) is 39.4 Å². The third-order valence-corrected chi connectivity index (χ3v) is 6.55. The zero-order chi connectivity index (χ0) is 19.1. The van der Waals surface area contributed by atoms with Crippen LogP contribution in [-0.4, -0.2) is 36.0 Å². The van der Waals surface area contributed by atoms with Crippen LogP contribution in [0.5, 0.6) is 0 Å². The summed E-state index contributed by atoms with van der Waals surface area (Å²) in [4.78, 5) is 0. The largest absolute Gasteiger partial charge is 0.438 e. The van der Waals surface area contributed by atoms with Gasteiger partial charge in [-0.25, -0.2) is 0 Å². The van der Waals surface area contributed by atoms with E-state index >= 15 is 0 Å². The van der Waals surface area contributed by atoms with E-state index in [1.807, 2.05) is 76.2 Å². The first kappa shape index (κ1) is 16.8. The van der Waals surface area contributed by atoms with E-state index in [0.29, 0.717) is 5.71 Å². The molecule has 27 heavy (non-hydrogen) atoms. The summed E-state index contributed by atoms with van der Waals surface area (Å²) in [5.41, 5.74) is 2.75. The molecule has 0 spiro atoms. The highest BCUT2D eigenvalue weighted by Crippen LogP contribution is 2.50. The van der Waals surface area contributed by atoms with Crippen LogP contribution in [-0.2, 0) is 0 Å². The number of hydroxylamine groups is 4. The van der Waals surface area contributed by atoms with Gasteiger partial charge in [0.25, 0.3) is 0 Å². The molecule has 2 N–H and O–H groups in total. The standard InChI is InChI=1S/C21H23N3O3/c1-20(2)21(3,4)24(26)18(23(20)25)17-13-9-5-6-10-14(13)22-15-11-7-8-12-16(15)27-19(17)22/h5-12,18,25-26H,1-4H3. The summed E-state index contributed by atoms with van der Waals surface area (Å²) < 4.78 is 8.26. The zero-order valence-electron chi connectivity index (χ0n) is 15.8. The second-order valence-corrected chi connectivity index (χ2v) is 8.32. The number of hydrogen-bond acceptors (Lipinski definition) is 5. The normalized spacial score (nSPS) is 21.1. The summed E-state index contributed by atoms with van der Waals surface area (Å²) in [5.74, 6) is 0. The fourth-order valence-electron chi connectivity index (χ4n) is 4.18. The number of nitrogens with zero attached hydrogens (tertiary/aromatic N) is 3. The van der Waals surface area contributed by atoms with Gasteiger partial charge < -0.3 is 14.8 Å². The highest BCUT2D eigenvalue weighted by Gasteiger charge is 2.59. The van der Waals surface area contributed by atoms with Gasteiger partial charge in [-0.1, -0.05) is 30.3 Å². The SMILES string of the molecule is CC1(C)N(O)C(c2c3ccccc3n3c2oc2ccccc23)N(O)C1(C)C. The minimum Gasteiger partial charge on any atom is -0.438 e. The highest BCUT2D eigenvalue weighted by atomic mass is 16.6. The van der Waals surface area contributed by atoms with Crippen LogP contribution in [0.4, 0.5) is 0 Å². The Morgan fingerprint density at radius 1 is 0.815 bits per heavy atom. The molecule has 0 radical (unpaired) electrons. The summed E-state index contributed by atoms with van der Waals surface area (Å²) in [6.07, 6.45) is -0.745. The molecule has 0 amide bonds. The van der Waals surface area contributed by atoms with Crippen molar-refractivity contribution in [1.29, 1.82) is 0 Å². The second-order valence-electron chi connectivity index (χ2n) is 8.32. The number of rotatable bonds is 1. The van der Waals surface area contributed by atoms with Crippen LogP contribution in [0, 0.1) is 0 Å². The molecule has 0 saturated carbocycles. The quantitative estimate of drug-likeness (QED) is 0.508. The van der Waals surface area contributed by atoms with Crippen molar-refractivity contribution in [2.45, 2.75) is 44.9 Å². The Kier molecular flexibility index (Phi) is 3.18. The Bertz CT molecular complexity index is 1170. The summed E-state index contributed by atoms with van der Waals surface area (Å²) >= 11 is 0. The maximum atomic E-state index is 11.1. The lowest BCUT2D eigenvalue weighted by molar-refractivity contribution is -0.222. The van der Waals surface area contributed by atoms with E-state index in [4.69, 9.17) is 4.42 Å². The minimum atomic E-state index is -0.745. The molecular weight excluding hydrogens is 342 g/mol. The number of benzene rings is 2. The van der Waals surface area contributed by atoms with Crippen molar-refractivity contribution >= 4 is 27.7 Å². The molecule has 1 saturated heterocycles. The van der Waals surface area contributed by atoms with E-state index in [1.165, 1.54) is 10.1 Å². The monoisotopic (exact) mass is 365 g/mol. The van der Waals surface area contributed by atoms with Crippen molar-refractivity contribution < 1.29 is 14.8 Å². The van der Waals surface area contributed by atoms with E-state index in [0.717, 1.165) is 27.6 Å². The number of oxazole rings is 1. The van der Waals surface area contributed by atoms with Crippen molar-refractivity contribution in [3.63, 3.8) is 0 Å². The average Bonchev–Trinajstić information content (AvgIpc) is 3.20. The Morgan fingerprint density at radius 2 is 1.37 bits per heavy atom.